The predicted molar refractivity (Wildman–Crippen MR) is 83.7 cm³/mol. The van der Waals surface area contributed by atoms with Gasteiger partial charge in [-0.1, -0.05) is 30.3 Å². The lowest BCUT2D eigenvalue weighted by molar-refractivity contribution is -0.138. The van der Waals surface area contributed by atoms with Crippen molar-refractivity contribution in [3.63, 3.8) is 0 Å². The summed E-state index contributed by atoms with van der Waals surface area (Å²) in [5.74, 6) is 0.753. The third-order valence-corrected chi connectivity index (χ3v) is 5.91. The van der Waals surface area contributed by atoms with Crippen LogP contribution in [0.4, 0.5) is 0 Å². The number of hydrogen-bond donors (Lipinski definition) is 1. The van der Waals surface area contributed by atoms with Gasteiger partial charge in [0.1, 0.15) is 6.04 Å². The van der Waals surface area contributed by atoms with Gasteiger partial charge in [-0.05, 0) is 25.8 Å². The molecule has 0 bridgehead atoms. The first-order valence-corrected chi connectivity index (χ1v) is 8.31. The van der Waals surface area contributed by atoms with Gasteiger partial charge < -0.3 is 10.2 Å². The van der Waals surface area contributed by atoms with E-state index in [0.717, 1.165) is 12.0 Å². The molecule has 5 heteroatoms. The number of fused-ring (bicyclic) bond motifs is 1. The van der Waals surface area contributed by atoms with Crippen molar-refractivity contribution in [1.29, 1.82) is 0 Å². The molecule has 2 amide bonds. The quantitative estimate of drug-likeness (QED) is 0.932. The summed E-state index contributed by atoms with van der Waals surface area (Å²) in [7, 11) is 0. The van der Waals surface area contributed by atoms with Crippen molar-refractivity contribution in [2.75, 3.05) is 5.75 Å². The standard InChI is InChI=1S/C16H20N2O2S/c1-11(12-6-4-3-5-7-12)17-15(20)13-10-21-16(2)9-8-14(19)18(13)16/h3-7,11,13H,8-10H2,1-2H3,(H,17,20). The topological polar surface area (TPSA) is 49.4 Å². The highest BCUT2D eigenvalue weighted by molar-refractivity contribution is 8.01. The molecule has 1 aromatic carbocycles. The smallest absolute Gasteiger partial charge is 0.244 e. The van der Waals surface area contributed by atoms with Crippen molar-refractivity contribution in [3.05, 3.63) is 35.9 Å². The Hall–Kier alpha value is -1.49. The summed E-state index contributed by atoms with van der Waals surface area (Å²) in [5, 5.41) is 3.04. The van der Waals surface area contributed by atoms with Crippen LogP contribution in [0.3, 0.4) is 0 Å². The number of nitrogens with zero attached hydrogens (tertiary/aromatic N) is 1. The van der Waals surface area contributed by atoms with Gasteiger partial charge in [-0.15, -0.1) is 11.8 Å². The molecule has 0 aromatic heterocycles. The summed E-state index contributed by atoms with van der Waals surface area (Å²) in [4.78, 5) is 26.2. The Bertz CT molecular complexity index is 563. The first kappa shape index (κ1) is 14.4. The Morgan fingerprint density at radius 1 is 1.43 bits per heavy atom. The summed E-state index contributed by atoms with van der Waals surface area (Å²) in [5.41, 5.74) is 1.08. The highest BCUT2D eigenvalue weighted by Gasteiger charge is 2.52. The number of carbonyl (C=O) groups is 2. The number of hydrogen-bond acceptors (Lipinski definition) is 3. The van der Waals surface area contributed by atoms with Crippen LogP contribution in [0, 0.1) is 0 Å². The van der Waals surface area contributed by atoms with E-state index in [1.165, 1.54) is 0 Å². The third-order valence-electron chi connectivity index (χ3n) is 4.41. The second kappa shape index (κ2) is 5.37. The first-order chi connectivity index (χ1) is 10.0. The largest absolute Gasteiger partial charge is 0.348 e. The highest BCUT2D eigenvalue weighted by Crippen LogP contribution is 2.47. The summed E-state index contributed by atoms with van der Waals surface area (Å²) >= 11 is 1.72. The van der Waals surface area contributed by atoms with E-state index in [0.29, 0.717) is 12.2 Å². The number of carbonyl (C=O) groups excluding carboxylic acids is 2. The summed E-state index contributed by atoms with van der Waals surface area (Å²) in [6.45, 7) is 4.04. The Morgan fingerprint density at radius 3 is 2.86 bits per heavy atom. The van der Waals surface area contributed by atoms with Crippen LogP contribution in [-0.4, -0.2) is 33.4 Å². The summed E-state index contributed by atoms with van der Waals surface area (Å²) in [6, 6.07) is 9.50. The molecule has 0 aliphatic carbocycles. The minimum Gasteiger partial charge on any atom is -0.348 e. The Kier molecular flexibility index (Phi) is 3.69. The van der Waals surface area contributed by atoms with E-state index in [2.05, 4.69) is 12.2 Å². The van der Waals surface area contributed by atoms with Crippen molar-refractivity contribution in [3.8, 4) is 0 Å². The number of nitrogens with one attached hydrogen (secondary N) is 1. The number of amides is 2. The van der Waals surface area contributed by atoms with E-state index >= 15 is 0 Å². The molecule has 4 nitrogen and oxygen atoms in total. The van der Waals surface area contributed by atoms with Crippen LogP contribution in [0.2, 0.25) is 0 Å². The third kappa shape index (κ3) is 2.55. The second-order valence-electron chi connectivity index (χ2n) is 5.91. The number of thioether (sulfide) groups is 1. The fourth-order valence-electron chi connectivity index (χ4n) is 3.15. The van der Waals surface area contributed by atoms with E-state index in [9.17, 15) is 9.59 Å². The normalized spacial score (nSPS) is 29.3. The number of rotatable bonds is 3. The van der Waals surface area contributed by atoms with Crippen LogP contribution in [0.25, 0.3) is 0 Å². The van der Waals surface area contributed by atoms with Crippen molar-refractivity contribution < 1.29 is 9.59 Å². The molecule has 2 saturated heterocycles. The molecule has 21 heavy (non-hydrogen) atoms. The fraction of sp³-hybridized carbons (Fsp3) is 0.500. The van der Waals surface area contributed by atoms with Crippen molar-refractivity contribution in [2.45, 2.75) is 43.6 Å². The fourth-order valence-corrected chi connectivity index (χ4v) is 4.58. The minimum absolute atomic E-state index is 0.0437. The van der Waals surface area contributed by atoms with Crippen molar-refractivity contribution in [1.82, 2.24) is 10.2 Å². The molecule has 112 valence electrons. The Labute approximate surface area is 129 Å². The zero-order valence-corrected chi connectivity index (χ0v) is 13.2. The van der Waals surface area contributed by atoms with Crippen LogP contribution in [0.15, 0.2) is 30.3 Å². The highest BCUT2D eigenvalue weighted by atomic mass is 32.2. The maximum absolute atomic E-state index is 12.5. The van der Waals surface area contributed by atoms with Crippen LogP contribution < -0.4 is 5.32 Å². The first-order valence-electron chi connectivity index (χ1n) is 7.33. The van der Waals surface area contributed by atoms with Crippen molar-refractivity contribution >= 4 is 23.6 Å². The van der Waals surface area contributed by atoms with Crippen LogP contribution in [0.1, 0.15) is 38.3 Å². The van der Waals surface area contributed by atoms with Gasteiger partial charge >= 0.3 is 0 Å². The van der Waals surface area contributed by atoms with Crippen molar-refractivity contribution in [2.24, 2.45) is 0 Å². The molecule has 2 fully saturated rings. The van der Waals surface area contributed by atoms with Gasteiger partial charge in [0.05, 0.1) is 10.9 Å². The Balaban J connectivity index is 1.70. The van der Waals surface area contributed by atoms with Gasteiger partial charge in [-0.2, -0.15) is 0 Å². The monoisotopic (exact) mass is 304 g/mol. The molecule has 3 unspecified atom stereocenters. The van der Waals surface area contributed by atoms with Gasteiger partial charge in [0, 0.05) is 12.2 Å². The Morgan fingerprint density at radius 2 is 2.14 bits per heavy atom. The van der Waals surface area contributed by atoms with Gasteiger partial charge in [-0.25, -0.2) is 0 Å². The maximum atomic E-state index is 12.5. The maximum Gasteiger partial charge on any atom is 0.244 e. The SMILES string of the molecule is CC(NC(=O)C1CSC2(C)CCC(=O)N12)c1ccccc1. The van der Waals surface area contributed by atoms with E-state index in [-0.39, 0.29) is 28.8 Å². The van der Waals surface area contributed by atoms with E-state index < -0.39 is 0 Å². The summed E-state index contributed by atoms with van der Waals surface area (Å²) in [6.07, 6.45) is 1.40. The lowest BCUT2D eigenvalue weighted by atomic mass is 10.1. The molecular weight excluding hydrogens is 284 g/mol. The zero-order valence-electron chi connectivity index (χ0n) is 12.3. The molecule has 0 spiro atoms. The van der Waals surface area contributed by atoms with Crippen LogP contribution in [-0.2, 0) is 9.59 Å². The zero-order chi connectivity index (χ0) is 15.0. The molecular formula is C16H20N2O2S. The lowest BCUT2D eigenvalue weighted by Gasteiger charge is -2.30. The number of benzene rings is 1. The van der Waals surface area contributed by atoms with Gasteiger partial charge in [-0.3, -0.25) is 9.59 Å². The molecule has 1 N–H and O–H groups in total. The molecule has 1 aromatic rings. The minimum atomic E-state index is -0.332. The van der Waals surface area contributed by atoms with E-state index in [1.54, 1.807) is 16.7 Å². The van der Waals surface area contributed by atoms with Gasteiger partial charge in [0.25, 0.3) is 0 Å². The lowest BCUT2D eigenvalue weighted by Crippen LogP contribution is -2.50. The van der Waals surface area contributed by atoms with Crippen LogP contribution >= 0.6 is 11.8 Å². The molecule has 2 aliphatic rings. The predicted octanol–water partition coefficient (Wildman–Crippen LogP) is 2.32. The van der Waals surface area contributed by atoms with Crippen LogP contribution in [0.5, 0.6) is 0 Å². The molecule has 0 radical (unpaired) electrons. The second-order valence-corrected chi connectivity index (χ2v) is 7.41. The average Bonchev–Trinajstić information content (AvgIpc) is 2.97. The van der Waals surface area contributed by atoms with E-state index in [4.69, 9.17) is 0 Å². The molecule has 0 saturated carbocycles. The van der Waals surface area contributed by atoms with Gasteiger partial charge in [0.2, 0.25) is 11.8 Å². The molecule has 2 aliphatic heterocycles. The molecule has 2 heterocycles. The van der Waals surface area contributed by atoms with Gasteiger partial charge in [0.15, 0.2) is 0 Å². The molecule has 3 atom stereocenters. The van der Waals surface area contributed by atoms with E-state index in [1.807, 2.05) is 37.3 Å². The summed E-state index contributed by atoms with van der Waals surface area (Å²) < 4.78 is 0. The molecule has 3 rings (SSSR count). The average molecular weight is 304 g/mol.